The van der Waals surface area contributed by atoms with Crippen LogP contribution < -0.4 is 9.30 Å². The van der Waals surface area contributed by atoms with Gasteiger partial charge in [0.2, 0.25) is 0 Å². The molecule has 0 N–H and O–H groups in total. The van der Waals surface area contributed by atoms with Crippen molar-refractivity contribution < 1.29 is 48.2 Å². The summed E-state index contributed by atoms with van der Waals surface area (Å²) in [7, 11) is 0. The summed E-state index contributed by atoms with van der Waals surface area (Å²) >= 11 is 0. The van der Waals surface area contributed by atoms with Crippen molar-refractivity contribution >= 4 is 32.8 Å². The van der Waals surface area contributed by atoms with Crippen molar-refractivity contribution in [2.75, 3.05) is 0 Å². The molecule has 3 heterocycles. The molecule has 6 heteroatoms. The number of imidazole rings is 1. The van der Waals surface area contributed by atoms with Gasteiger partial charge in [0.15, 0.2) is 0 Å². The second-order valence-electron chi connectivity index (χ2n) is 27.8. The van der Waals surface area contributed by atoms with E-state index in [1.807, 2.05) is 57.7 Å². The van der Waals surface area contributed by atoms with Crippen LogP contribution in [0, 0.1) is 25.3 Å². The molecule has 3 aromatic heterocycles. The Balaban J connectivity index is 0.0000101. The first-order valence-electron chi connectivity index (χ1n) is 35.9. The summed E-state index contributed by atoms with van der Waals surface area (Å²) in [6.45, 7) is 30.0. The van der Waals surface area contributed by atoms with E-state index in [1.54, 1.807) is 16.7 Å². The normalized spacial score (nSPS) is 14.8. The summed E-state index contributed by atoms with van der Waals surface area (Å²) in [5, 5.41) is 1.55. The number of pyridine rings is 1. The third kappa shape index (κ3) is 11.9. The molecule has 5 nitrogen and oxygen atoms in total. The third-order valence-corrected chi connectivity index (χ3v) is 16.3. The maximum atomic E-state index is 9.69. The third-order valence-electron chi connectivity index (χ3n) is 16.3. The molecule has 0 amide bonds. The number of aromatic nitrogens is 4. The van der Waals surface area contributed by atoms with E-state index in [2.05, 4.69) is 183 Å². The summed E-state index contributed by atoms with van der Waals surface area (Å²) < 4.78 is 128. The van der Waals surface area contributed by atoms with Crippen LogP contribution in [-0.4, -0.2) is 14.1 Å². The number of hydrogen-bond donors (Lipinski definition) is 0. The zero-order chi connectivity index (χ0) is 72.0. The zero-order valence-electron chi connectivity index (χ0n) is 65.2. The van der Waals surface area contributed by atoms with Gasteiger partial charge in [0.25, 0.3) is 6.33 Å². The molecule has 9 aromatic carbocycles. The van der Waals surface area contributed by atoms with E-state index < -0.39 is 60.6 Å². The molecule has 0 bridgehead atoms. The first kappa shape index (κ1) is 46.1. The van der Waals surface area contributed by atoms with Crippen LogP contribution in [0.5, 0.6) is 11.5 Å². The maximum Gasteiger partial charge on any atom is 0.268 e. The average Bonchev–Trinajstić information content (AvgIpc) is 1.43. The Kier molecular flexibility index (Phi) is 12.0. The van der Waals surface area contributed by atoms with Gasteiger partial charge in [-0.2, -0.15) is 18.2 Å². The molecule has 0 saturated heterocycles. The Morgan fingerprint density at radius 3 is 1.60 bits per heavy atom. The van der Waals surface area contributed by atoms with Gasteiger partial charge in [-0.3, -0.25) is 4.57 Å². The van der Waals surface area contributed by atoms with Gasteiger partial charge in [-0.05, 0) is 136 Å². The summed E-state index contributed by atoms with van der Waals surface area (Å²) in [5.41, 5.74) is 11.0. The molecule has 0 saturated carbocycles. The minimum absolute atomic E-state index is 0. The number of fused-ring (bicyclic) bond motifs is 4. The van der Waals surface area contributed by atoms with Crippen molar-refractivity contribution in [3.05, 3.63) is 246 Å². The van der Waals surface area contributed by atoms with Gasteiger partial charge in [0.05, 0.1) is 30.4 Å². The summed E-state index contributed by atoms with van der Waals surface area (Å²) in [5.74, 6) is 0.749. The van der Waals surface area contributed by atoms with Gasteiger partial charge in [0.1, 0.15) is 5.82 Å². The van der Waals surface area contributed by atoms with Gasteiger partial charge in [-0.25, -0.2) is 4.98 Å². The fourth-order valence-corrected chi connectivity index (χ4v) is 11.1. The smallest absolute Gasteiger partial charge is 0.268 e. The van der Waals surface area contributed by atoms with Crippen LogP contribution in [0.4, 0.5) is 0 Å². The Morgan fingerprint density at radius 2 is 1.01 bits per heavy atom. The largest absolute Gasteiger partial charge is 0.510 e. The molecule has 87 heavy (non-hydrogen) atoms. The quantitative estimate of drug-likeness (QED) is 0.107. The van der Waals surface area contributed by atoms with Crippen molar-refractivity contribution in [1.82, 2.24) is 14.1 Å². The Bertz CT molecular complexity index is 5200. The van der Waals surface area contributed by atoms with Crippen molar-refractivity contribution in [3.8, 4) is 73.2 Å². The first-order valence-corrected chi connectivity index (χ1v) is 29.4. The van der Waals surface area contributed by atoms with Crippen LogP contribution in [0.1, 0.15) is 155 Å². The molecule has 0 atom stereocenters. The minimum atomic E-state index is -2.82. The van der Waals surface area contributed by atoms with E-state index in [-0.39, 0.29) is 88.6 Å². The molecule has 0 fully saturated rings. The predicted molar refractivity (Wildman–Crippen MR) is 360 cm³/mol. The molecule has 442 valence electrons. The Labute approximate surface area is 549 Å². The molecule has 0 aliphatic carbocycles. The van der Waals surface area contributed by atoms with Gasteiger partial charge in [0, 0.05) is 54.0 Å². The zero-order valence-corrected chi connectivity index (χ0v) is 54.5. The van der Waals surface area contributed by atoms with E-state index in [1.165, 1.54) is 23.4 Å². The number of hydrogen-bond acceptors (Lipinski definition) is 2. The number of ether oxygens (including phenoxy) is 1. The van der Waals surface area contributed by atoms with Gasteiger partial charge in [-0.1, -0.05) is 249 Å². The van der Waals surface area contributed by atoms with E-state index in [4.69, 9.17) is 24.8 Å². The molecular weight excluding hydrogens is 1240 g/mol. The number of rotatable bonds is 9. The van der Waals surface area contributed by atoms with Crippen LogP contribution in [0.25, 0.3) is 94.5 Å². The molecule has 0 radical (unpaired) electrons. The number of benzene rings is 9. The molecule has 12 aromatic rings. The second-order valence-corrected chi connectivity index (χ2v) is 27.8. The van der Waals surface area contributed by atoms with E-state index in [0.717, 1.165) is 49.7 Å². The molecule has 0 aliphatic rings. The van der Waals surface area contributed by atoms with Crippen LogP contribution in [0.3, 0.4) is 0 Å². The number of aryl methyl sites for hydroxylation is 1. The van der Waals surface area contributed by atoms with Gasteiger partial charge >= 0.3 is 0 Å². The predicted octanol–water partition coefficient (Wildman–Crippen LogP) is 21.1. The standard InChI is InChI=1S/C81H80N4O.Pt/c1-52-38-75(82-50-70(52)54-28-21-18-22-29-54)85-71-33-24-23-32-66(71)67-36-35-65(49-73(67)85)86-64-31-25-30-63(48-64)83-51-84(72-37-34-55(43-74(72)83)56-39-58(77(2,3)4)44-59(40-56)78(5,6)7)76-68(53-26-19-17-20-27-53)46-62(81(14,15)16)47-69(76)57-41-60(79(8,9)10)45-61(42-57)80(11,12)13;/h17-47,50H,1-16H3;/q-2;/i1D3,17D,18D,19D,20D,21D,22D,26D,27D,28D,29D;. The van der Waals surface area contributed by atoms with Crippen LogP contribution in [0.2, 0.25) is 0 Å². The van der Waals surface area contributed by atoms with Crippen LogP contribution >= 0.6 is 0 Å². The Hall–Kier alpha value is -8.11. The van der Waals surface area contributed by atoms with E-state index >= 15 is 0 Å². The SMILES string of the molecule is [2H]c1c([2H])c([2H])c(-c2cnc(-n3c4[c-]c(Oc5[c-]c(-n6[c-][n+](-c7c(-c8cc(C(C)(C)C)cc(C(C)(C)C)c8)cc(C(C)(C)C)cc7-c7c([2H])c([2H])c([2H])c([2H])c7[2H])c7ccc(-c8cc(C(C)(C)C)cc(C(C)(C)C)c8)cc76)ccc5)ccc4c4ccccc43)cc2C([2H])([2H])[2H])c([2H])c1[2H].[Pt]. The van der Waals surface area contributed by atoms with Crippen molar-refractivity contribution in [1.29, 1.82) is 0 Å². The minimum Gasteiger partial charge on any atom is -0.510 e. The van der Waals surface area contributed by atoms with Crippen LogP contribution in [0.15, 0.2) is 194 Å². The molecule has 0 aliphatic heterocycles. The van der Waals surface area contributed by atoms with Crippen LogP contribution in [-0.2, 0) is 48.1 Å². The van der Waals surface area contributed by atoms with E-state index in [9.17, 15) is 2.74 Å². The average molecular weight is 1330 g/mol. The molecule has 0 unspecified atom stereocenters. The van der Waals surface area contributed by atoms with Gasteiger partial charge in [-0.15, -0.1) is 29.7 Å². The first-order chi connectivity index (χ1) is 46.0. The second kappa shape index (κ2) is 22.6. The topological polar surface area (TPSA) is 35.9 Å². The summed E-state index contributed by atoms with van der Waals surface area (Å²) in [6, 6.07) is 44.2. The van der Waals surface area contributed by atoms with Crippen molar-refractivity contribution in [2.45, 2.75) is 138 Å². The van der Waals surface area contributed by atoms with Crippen molar-refractivity contribution in [3.63, 3.8) is 0 Å². The number of nitrogens with zero attached hydrogens (tertiary/aromatic N) is 4. The maximum absolute atomic E-state index is 9.69. The Morgan fingerprint density at radius 1 is 0.471 bits per heavy atom. The van der Waals surface area contributed by atoms with Gasteiger partial charge < -0.3 is 13.9 Å². The molecule has 0 spiro atoms. The fourth-order valence-electron chi connectivity index (χ4n) is 11.1. The number of para-hydroxylation sites is 1. The monoisotopic (exact) mass is 1330 g/mol. The summed E-state index contributed by atoms with van der Waals surface area (Å²) in [4.78, 5) is 4.76. The van der Waals surface area contributed by atoms with Crippen molar-refractivity contribution in [2.24, 2.45) is 0 Å². The molecule has 12 rings (SSSR count). The summed E-state index contributed by atoms with van der Waals surface area (Å²) in [6.07, 6.45) is 5.06. The fraction of sp³-hybridized carbons (Fsp3) is 0.259. The van der Waals surface area contributed by atoms with E-state index in [0.29, 0.717) is 44.8 Å². The molecular formula is C81H80N4OPt-2.